The molecule has 60 heavy (non-hydrogen) atoms. The van der Waals surface area contributed by atoms with E-state index in [1.165, 1.54) is 19.6 Å². The number of amides is 3. The molecular weight excluding hydrogens is 806 g/mol. The van der Waals surface area contributed by atoms with Crippen LogP contribution in [-0.4, -0.2) is 234 Å². The van der Waals surface area contributed by atoms with E-state index in [9.17, 15) is 73.8 Å². The van der Waals surface area contributed by atoms with Gasteiger partial charge in [-0.2, -0.15) is 0 Å². The van der Waals surface area contributed by atoms with Crippen LogP contribution in [0.5, 0.6) is 0 Å². The van der Waals surface area contributed by atoms with E-state index in [4.69, 9.17) is 14.2 Å². The number of hydrogen-bond acceptors (Lipinski definition) is 16. The van der Waals surface area contributed by atoms with Gasteiger partial charge in [-0.3, -0.25) is 48.4 Å². The third kappa shape index (κ3) is 20.7. The summed E-state index contributed by atoms with van der Waals surface area (Å²) in [5.74, 6) is -11.9. The number of nitrogens with one attached hydrogen (secondary N) is 3. The second kappa shape index (κ2) is 27.5. The van der Waals surface area contributed by atoms with Crippen LogP contribution in [0.2, 0.25) is 0 Å². The van der Waals surface area contributed by atoms with Gasteiger partial charge in [-0.25, -0.2) is 14.4 Å². The van der Waals surface area contributed by atoms with Crippen LogP contribution in [0.4, 0.5) is 4.79 Å². The Morgan fingerprint density at radius 2 is 1.12 bits per heavy atom. The number of carboxylic acids is 6. The molecular formula is C35H57N7O18. The smallest absolute Gasteiger partial charge is 0.408 e. The number of nitrogens with zero attached hydrogens (tertiary/aromatic N) is 4. The maximum atomic E-state index is 14.1. The zero-order chi connectivity index (χ0) is 44.6. The van der Waals surface area contributed by atoms with Crippen molar-refractivity contribution >= 4 is 53.7 Å². The van der Waals surface area contributed by atoms with Crippen LogP contribution in [-0.2, 0) is 52.6 Å². The minimum Gasteiger partial charge on any atom is -0.481 e. The average Bonchev–Trinajstić information content (AvgIpc) is 3.15. The Kier molecular flexibility index (Phi) is 23.4. The Morgan fingerprint density at radius 1 is 0.600 bits per heavy atom. The van der Waals surface area contributed by atoms with Crippen molar-refractivity contribution in [1.29, 1.82) is 0 Å². The van der Waals surface area contributed by atoms with E-state index >= 15 is 0 Å². The van der Waals surface area contributed by atoms with E-state index in [2.05, 4.69) is 16.0 Å². The summed E-state index contributed by atoms with van der Waals surface area (Å²) in [7, 11) is 0. The van der Waals surface area contributed by atoms with Crippen molar-refractivity contribution in [2.24, 2.45) is 5.92 Å². The van der Waals surface area contributed by atoms with Gasteiger partial charge in [0.25, 0.3) is 0 Å². The molecule has 2 fully saturated rings. The van der Waals surface area contributed by atoms with Crippen molar-refractivity contribution in [3.05, 3.63) is 0 Å². The third-order valence-corrected chi connectivity index (χ3v) is 9.52. The number of alkyl carbamates (subject to hydrolysis) is 1. The summed E-state index contributed by atoms with van der Waals surface area (Å²) in [6, 6.07) is -3.31. The summed E-state index contributed by atoms with van der Waals surface area (Å²) < 4.78 is 16.0. The molecule has 340 valence electrons. The molecule has 2 unspecified atom stereocenters. The number of hydrogen-bond donors (Lipinski definition) is 9. The van der Waals surface area contributed by atoms with Gasteiger partial charge >= 0.3 is 41.9 Å². The highest BCUT2D eigenvalue weighted by molar-refractivity contribution is 5.88. The molecule has 4 atom stereocenters. The van der Waals surface area contributed by atoms with Crippen LogP contribution in [0.25, 0.3) is 0 Å². The molecule has 25 heteroatoms. The molecule has 2 saturated heterocycles. The summed E-state index contributed by atoms with van der Waals surface area (Å²) in [6.45, 7) is -2.02. The third-order valence-electron chi connectivity index (χ3n) is 9.52. The molecule has 0 saturated carbocycles. The highest BCUT2D eigenvalue weighted by Gasteiger charge is 2.42. The first-order valence-electron chi connectivity index (χ1n) is 19.4. The maximum Gasteiger partial charge on any atom is 0.408 e. The molecule has 2 rings (SSSR count). The number of carbonyl (C=O) groups is 9. The summed E-state index contributed by atoms with van der Waals surface area (Å²) >= 11 is 0. The zero-order valence-electron chi connectivity index (χ0n) is 33.2. The fourth-order valence-electron chi connectivity index (χ4n) is 6.47. The van der Waals surface area contributed by atoms with E-state index < -0.39 is 98.0 Å². The van der Waals surface area contributed by atoms with Crippen molar-refractivity contribution in [3.8, 4) is 0 Å². The number of rotatable bonds is 10. The Labute approximate surface area is 344 Å². The molecule has 0 aliphatic carbocycles. The monoisotopic (exact) mass is 863 g/mol. The van der Waals surface area contributed by atoms with E-state index in [1.807, 2.05) is 0 Å². The first-order chi connectivity index (χ1) is 28.5. The molecule has 0 bridgehead atoms. The fraction of sp³-hybridized carbons (Fsp3) is 0.743. The number of cyclic esters (lactones) is 1. The Balaban J connectivity index is 2.56. The van der Waals surface area contributed by atoms with Gasteiger partial charge in [0.1, 0.15) is 12.1 Å². The quantitative estimate of drug-likeness (QED) is 0.102. The van der Waals surface area contributed by atoms with Gasteiger partial charge in [0.05, 0.1) is 52.0 Å². The molecule has 0 aromatic rings. The molecule has 0 radical (unpaired) electrons. The predicted molar refractivity (Wildman–Crippen MR) is 202 cm³/mol. The van der Waals surface area contributed by atoms with Crippen molar-refractivity contribution in [2.75, 3.05) is 112 Å². The van der Waals surface area contributed by atoms with Crippen LogP contribution in [0.3, 0.4) is 0 Å². The fourth-order valence-corrected chi connectivity index (χ4v) is 6.47. The topological polar surface area (TPSA) is 352 Å². The van der Waals surface area contributed by atoms with Gasteiger partial charge in [-0.05, 0) is 19.3 Å². The van der Waals surface area contributed by atoms with E-state index in [-0.39, 0.29) is 117 Å². The Hall–Kier alpha value is -5.21. The van der Waals surface area contributed by atoms with Crippen molar-refractivity contribution in [1.82, 2.24) is 35.6 Å². The van der Waals surface area contributed by atoms with Gasteiger partial charge in [0.2, 0.25) is 17.9 Å². The number of carboxylic acid groups (broad SMARTS) is 6. The summed E-state index contributed by atoms with van der Waals surface area (Å²) in [4.78, 5) is 118. The average molecular weight is 864 g/mol. The minimum absolute atomic E-state index is 0.00119. The molecule has 3 amide bonds. The van der Waals surface area contributed by atoms with Crippen LogP contribution in [0.1, 0.15) is 32.1 Å². The molecule has 2 aliphatic heterocycles. The summed E-state index contributed by atoms with van der Waals surface area (Å²) in [6.07, 6.45) is -4.35. The SMILES string of the molecule is O=C(O)CN1CCN(CC(=O)O)CCN(C2C(=O)NCCOCCOCCC(=O)NCCCC[C@@H](C(=O)O)NC(=O)O[C@H](C(=O)O)CC2C(=O)O)CCN(CC(=O)O)CC1. The van der Waals surface area contributed by atoms with Gasteiger partial charge in [0, 0.05) is 78.3 Å². The van der Waals surface area contributed by atoms with E-state index in [0.717, 1.165) is 0 Å². The zero-order valence-corrected chi connectivity index (χ0v) is 33.2. The van der Waals surface area contributed by atoms with Crippen molar-refractivity contribution in [2.45, 2.75) is 50.3 Å². The molecule has 0 aromatic carbocycles. The number of aliphatic carboxylic acids is 6. The molecule has 25 nitrogen and oxygen atoms in total. The van der Waals surface area contributed by atoms with Gasteiger partial charge in [-0.15, -0.1) is 0 Å². The van der Waals surface area contributed by atoms with Crippen molar-refractivity contribution in [3.63, 3.8) is 0 Å². The van der Waals surface area contributed by atoms with Gasteiger partial charge < -0.3 is 60.8 Å². The Bertz CT molecular complexity index is 1440. The lowest BCUT2D eigenvalue weighted by atomic mass is 9.90. The van der Waals surface area contributed by atoms with E-state index in [1.54, 1.807) is 0 Å². The predicted octanol–water partition coefficient (Wildman–Crippen LogP) is -3.61. The lowest BCUT2D eigenvalue weighted by Crippen LogP contribution is -2.58. The summed E-state index contributed by atoms with van der Waals surface area (Å²) in [5.41, 5.74) is 0. The molecule has 2 heterocycles. The standard InChI is InChI=1S/C35H57N7O18/c43-26-4-15-58-17-18-59-16-6-37-31(50)30(23(32(51)52)19-25(34(55)56)60-35(57)38-24(33(53)54)3-1-2-5-36-26)42-13-11-40(21-28(46)47)9-7-39(20-27(44)45)8-10-41(12-14-42)22-29(48)49/h23-25,30H,1-22H2,(H,36,43)(H,37,50)(H,38,57)(H,44,45)(H,46,47)(H,48,49)(H,51,52)(H,53,54)(H,55,56)/t23?,24-,25-,30?/m0/s1. The first-order valence-corrected chi connectivity index (χ1v) is 19.4. The molecule has 9 N–H and O–H groups in total. The van der Waals surface area contributed by atoms with Crippen LogP contribution < -0.4 is 16.0 Å². The lowest BCUT2D eigenvalue weighted by Gasteiger charge is -2.38. The first kappa shape index (κ1) is 50.9. The lowest BCUT2D eigenvalue weighted by molar-refractivity contribution is -0.155. The highest BCUT2D eigenvalue weighted by atomic mass is 16.6. The minimum atomic E-state index is -2.24. The van der Waals surface area contributed by atoms with E-state index in [0.29, 0.717) is 6.42 Å². The van der Waals surface area contributed by atoms with Crippen molar-refractivity contribution < 1.29 is 88.0 Å². The maximum absolute atomic E-state index is 14.1. The normalized spacial score (nSPS) is 25.0. The van der Waals surface area contributed by atoms with Crippen LogP contribution >= 0.6 is 0 Å². The summed E-state index contributed by atoms with van der Waals surface area (Å²) in [5, 5.41) is 66.4. The molecule has 0 spiro atoms. The molecule has 0 aromatic heterocycles. The van der Waals surface area contributed by atoms with Gasteiger partial charge in [0.15, 0.2) is 0 Å². The second-order valence-corrected chi connectivity index (χ2v) is 14.0. The highest BCUT2D eigenvalue weighted by Crippen LogP contribution is 2.22. The largest absolute Gasteiger partial charge is 0.481 e. The van der Waals surface area contributed by atoms with Crippen LogP contribution in [0, 0.1) is 5.92 Å². The second-order valence-electron chi connectivity index (χ2n) is 14.0. The van der Waals surface area contributed by atoms with Gasteiger partial charge in [-0.1, -0.05) is 0 Å². The van der Waals surface area contributed by atoms with Crippen LogP contribution in [0.15, 0.2) is 0 Å². The molecule has 2 aliphatic rings. The number of carbonyl (C=O) groups excluding carboxylic acids is 3. The Morgan fingerprint density at radius 3 is 1.60 bits per heavy atom. The number of ether oxygens (including phenoxy) is 3.